The van der Waals surface area contributed by atoms with Gasteiger partial charge in [-0.1, -0.05) is 45.1 Å². The number of rotatable bonds is 12. The average Bonchev–Trinajstić information content (AvgIpc) is 2.63. The third-order valence-corrected chi connectivity index (χ3v) is 8.11. The van der Waals surface area contributed by atoms with Gasteiger partial charge in [0.2, 0.25) is 0 Å². The third kappa shape index (κ3) is 6.79. The highest BCUT2D eigenvalue weighted by molar-refractivity contribution is 6.35. The molecule has 0 fully saturated rings. The van der Waals surface area contributed by atoms with Crippen LogP contribution in [0.25, 0.3) is 0 Å². The lowest BCUT2D eigenvalue weighted by molar-refractivity contribution is -0.905. The van der Waals surface area contributed by atoms with E-state index >= 15 is 0 Å². The van der Waals surface area contributed by atoms with Crippen LogP contribution in [0.3, 0.4) is 0 Å². The van der Waals surface area contributed by atoms with Gasteiger partial charge in [0, 0.05) is 5.57 Å². The topological polar surface area (TPSA) is 0 Å². The van der Waals surface area contributed by atoms with Gasteiger partial charge in [0.15, 0.2) is 0 Å². The standard InChI is InChI=1S/C24H44Cl2N/c1-8-10-12-14-16-27(7,17-15-13-11-9-2)18-22-19(3)20(4)23(25)24(6,26)21(22)5/h23H,8-18H2,1-7H3/q+1. The molecule has 1 aliphatic carbocycles. The molecule has 3 heteroatoms. The predicted octanol–water partition coefficient (Wildman–Crippen LogP) is 7.87. The molecule has 0 amide bonds. The van der Waals surface area contributed by atoms with Crippen LogP contribution in [0.1, 0.15) is 92.9 Å². The van der Waals surface area contributed by atoms with Crippen LogP contribution >= 0.6 is 23.2 Å². The summed E-state index contributed by atoms with van der Waals surface area (Å²) in [7, 11) is 2.46. The molecule has 2 unspecified atom stereocenters. The molecule has 0 radical (unpaired) electrons. The number of allylic oxidation sites excluding steroid dienone is 2. The fourth-order valence-electron chi connectivity index (χ4n) is 4.33. The van der Waals surface area contributed by atoms with Crippen LogP contribution in [0.5, 0.6) is 0 Å². The number of hydrogen-bond acceptors (Lipinski definition) is 0. The van der Waals surface area contributed by atoms with E-state index in [-0.39, 0.29) is 5.38 Å². The molecule has 158 valence electrons. The molecule has 27 heavy (non-hydrogen) atoms. The maximum atomic E-state index is 6.92. The average molecular weight is 418 g/mol. The zero-order chi connectivity index (χ0) is 20.7. The normalized spacial score (nSPS) is 24.1. The van der Waals surface area contributed by atoms with Crippen molar-refractivity contribution < 1.29 is 4.48 Å². The number of unbranched alkanes of at least 4 members (excludes halogenated alkanes) is 6. The summed E-state index contributed by atoms with van der Waals surface area (Å²) in [6.45, 7) is 16.9. The van der Waals surface area contributed by atoms with Crippen molar-refractivity contribution >= 4 is 23.2 Å². The van der Waals surface area contributed by atoms with E-state index < -0.39 is 4.87 Å². The third-order valence-electron chi connectivity index (χ3n) is 6.73. The van der Waals surface area contributed by atoms with Crippen molar-refractivity contribution in [3.05, 3.63) is 22.3 Å². The van der Waals surface area contributed by atoms with Gasteiger partial charge in [-0.15, -0.1) is 23.2 Å². The molecular weight excluding hydrogens is 373 g/mol. The zero-order valence-corrected chi connectivity index (χ0v) is 20.6. The first kappa shape index (κ1) is 25.1. The summed E-state index contributed by atoms with van der Waals surface area (Å²) in [5.74, 6) is 0. The molecule has 2 atom stereocenters. The second-order valence-corrected chi connectivity index (χ2v) is 10.4. The van der Waals surface area contributed by atoms with E-state index in [4.69, 9.17) is 23.2 Å². The SMILES string of the molecule is CCCCCC[N+](C)(CCCCCC)CC1=C(C)C(C)(Cl)C(Cl)C(C)=C1C. The monoisotopic (exact) mass is 416 g/mol. The molecule has 0 heterocycles. The molecule has 0 aliphatic heterocycles. The Balaban J connectivity index is 3.02. The fourth-order valence-corrected chi connectivity index (χ4v) is 4.94. The Bertz CT molecular complexity index is 518. The Morgan fingerprint density at radius 1 is 0.889 bits per heavy atom. The summed E-state index contributed by atoms with van der Waals surface area (Å²) >= 11 is 13.6. The van der Waals surface area contributed by atoms with Crippen molar-refractivity contribution in [2.24, 2.45) is 0 Å². The lowest BCUT2D eigenvalue weighted by Crippen LogP contribution is -2.49. The highest BCUT2D eigenvalue weighted by Crippen LogP contribution is 2.44. The minimum Gasteiger partial charge on any atom is -0.322 e. The van der Waals surface area contributed by atoms with Crippen molar-refractivity contribution in [1.29, 1.82) is 0 Å². The quantitative estimate of drug-likeness (QED) is 0.172. The van der Waals surface area contributed by atoms with Gasteiger partial charge < -0.3 is 4.48 Å². The Morgan fingerprint density at radius 2 is 1.37 bits per heavy atom. The number of nitrogens with zero attached hydrogens (tertiary/aromatic N) is 1. The van der Waals surface area contributed by atoms with Crippen LogP contribution in [-0.2, 0) is 0 Å². The maximum absolute atomic E-state index is 6.92. The Kier molecular flexibility index (Phi) is 10.5. The van der Waals surface area contributed by atoms with Crippen LogP contribution in [-0.4, -0.2) is 41.4 Å². The van der Waals surface area contributed by atoms with Crippen LogP contribution in [0, 0.1) is 0 Å². The van der Waals surface area contributed by atoms with Gasteiger partial charge in [-0.3, -0.25) is 0 Å². The Labute approximate surface area is 179 Å². The van der Waals surface area contributed by atoms with Crippen molar-refractivity contribution in [2.45, 2.75) is 103 Å². The second-order valence-electron chi connectivity index (χ2n) is 9.20. The van der Waals surface area contributed by atoms with Crippen molar-refractivity contribution in [1.82, 2.24) is 0 Å². The molecule has 0 aromatic heterocycles. The van der Waals surface area contributed by atoms with E-state index in [1.54, 1.807) is 0 Å². The van der Waals surface area contributed by atoms with Crippen LogP contribution < -0.4 is 0 Å². The lowest BCUT2D eigenvalue weighted by Gasteiger charge is -2.41. The second kappa shape index (κ2) is 11.3. The van der Waals surface area contributed by atoms with Gasteiger partial charge in [0.25, 0.3) is 0 Å². The summed E-state index contributed by atoms with van der Waals surface area (Å²) in [5, 5.41) is -0.115. The molecule has 0 bridgehead atoms. The Hall–Kier alpha value is 0.0200. The first-order valence-corrected chi connectivity index (χ1v) is 12.0. The van der Waals surface area contributed by atoms with Gasteiger partial charge in [-0.25, -0.2) is 0 Å². The summed E-state index contributed by atoms with van der Waals surface area (Å²) in [6, 6.07) is 0. The van der Waals surface area contributed by atoms with Crippen LogP contribution in [0.4, 0.5) is 0 Å². The smallest absolute Gasteiger partial charge is 0.104 e. The van der Waals surface area contributed by atoms with Gasteiger partial charge in [-0.2, -0.15) is 0 Å². The highest BCUT2D eigenvalue weighted by Gasteiger charge is 2.41. The van der Waals surface area contributed by atoms with Gasteiger partial charge in [-0.05, 0) is 64.5 Å². The van der Waals surface area contributed by atoms with Crippen molar-refractivity contribution in [3.8, 4) is 0 Å². The largest absolute Gasteiger partial charge is 0.322 e. The molecule has 0 saturated carbocycles. The van der Waals surface area contributed by atoms with E-state index in [1.165, 1.54) is 86.7 Å². The Morgan fingerprint density at radius 3 is 1.81 bits per heavy atom. The molecule has 1 rings (SSSR count). The molecular formula is C24H44Cl2N+. The number of alkyl halides is 2. The minimum absolute atomic E-state index is 0.115. The zero-order valence-electron chi connectivity index (χ0n) is 19.1. The summed E-state index contributed by atoms with van der Waals surface area (Å²) in [4.78, 5) is -0.476. The molecule has 0 saturated heterocycles. The van der Waals surface area contributed by atoms with E-state index in [9.17, 15) is 0 Å². The van der Waals surface area contributed by atoms with Crippen molar-refractivity contribution in [3.63, 3.8) is 0 Å². The van der Waals surface area contributed by atoms with Crippen LogP contribution in [0.15, 0.2) is 22.3 Å². The van der Waals surface area contributed by atoms with E-state index in [0.29, 0.717) is 0 Å². The van der Waals surface area contributed by atoms with Crippen LogP contribution in [0.2, 0.25) is 0 Å². The number of halogens is 2. The number of likely N-dealkylation sites (N-methyl/N-ethyl adjacent to an activating group) is 1. The summed E-state index contributed by atoms with van der Waals surface area (Å²) < 4.78 is 1.13. The molecule has 0 aromatic rings. The first-order valence-electron chi connectivity index (χ1n) is 11.1. The first-order chi connectivity index (χ1) is 12.6. The molecule has 0 aromatic carbocycles. The van der Waals surface area contributed by atoms with Gasteiger partial charge in [0.05, 0.1) is 30.4 Å². The molecule has 0 spiro atoms. The van der Waals surface area contributed by atoms with E-state index in [0.717, 1.165) is 11.0 Å². The van der Waals surface area contributed by atoms with Gasteiger partial charge >= 0.3 is 0 Å². The van der Waals surface area contributed by atoms with Gasteiger partial charge in [0.1, 0.15) is 6.54 Å². The molecule has 1 nitrogen and oxygen atoms in total. The molecule has 0 N–H and O–H groups in total. The summed E-state index contributed by atoms with van der Waals surface area (Å²) in [5.41, 5.74) is 5.35. The molecule has 1 aliphatic rings. The summed E-state index contributed by atoms with van der Waals surface area (Å²) in [6.07, 6.45) is 10.6. The van der Waals surface area contributed by atoms with E-state index in [1.807, 2.05) is 0 Å². The minimum atomic E-state index is -0.476. The lowest BCUT2D eigenvalue weighted by atomic mass is 9.79. The maximum Gasteiger partial charge on any atom is 0.104 e. The predicted molar refractivity (Wildman–Crippen MR) is 124 cm³/mol. The highest BCUT2D eigenvalue weighted by atomic mass is 35.5. The number of quaternary nitrogens is 1. The van der Waals surface area contributed by atoms with Crippen molar-refractivity contribution in [2.75, 3.05) is 26.7 Å². The fraction of sp³-hybridized carbons (Fsp3) is 0.833. The van der Waals surface area contributed by atoms with E-state index in [2.05, 4.69) is 48.6 Å². The number of hydrogen-bond donors (Lipinski definition) is 0.